The molecule has 0 spiro atoms. The molecule has 104 valence electrons. The van der Waals surface area contributed by atoms with E-state index in [1.807, 2.05) is 37.4 Å². The molecule has 0 bridgehead atoms. The summed E-state index contributed by atoms with van der Waals surface area (Å²) in [6, 6.07) is 7.75. The smallest absolute Gasteiger partial charge is 0.221 e. The standard InChI is InChI=1S/C16H19N3O/c1-4-6-14-10-17-11(2)18-16(14)13-7-5-8-15(9-13)19-12(3)20/h5,7-10H,4,6H2,1-3H3,(H,19,20). The maximum absolute atomic E-state index is 11.1. The number of aromatic nitrogens is 2. The number of hydrogen-bond donors (Lipinski definition) is 1. The van der Waals surface area contributed by atoms with Crippen molar-refractivity contribution >= 4 is 11.6 Å². The van der Waals surface area contributed by atoms with Crippen molar-refractivity contribution in [3.63, 3.8) is 0 Å². The third-order valence-electron chi connectivity index (χ3n) is 2.96. The second-order valence-corrected chi connectivity index (χ2v) is 4.80. The van der Waals surface area contributed by atoms with Crippen LogP contribution in [0.25, 0.3) is 11.3 Å². The summed E-state index contributed by atoms with van der Waals surface area (Å²) in [6.45, 7) is 5.53. The molecule has 1 heterocycles. The summed E-state index contributed by atoms with van der Waals surface area (Å²) in [4.78, 5) is 20.0. The van der Waals surface area contributed by atoms with Crippen molar-refractivity contribution in [1.29, 1.82) is 0 Å². The Labute approximate surface area is 119 Å². The molecule has 1 aromatic heterocycles. The lowest BCUT2D eigenvalue weighted by molar-refractivity contribution is -0.114. The second kappa shape index (κ2) is 6.28. The summed E-state index contributed by atoms with van der Waals surface area (Å²) in [6.07, 6.45) is 3.89. The maximum Gasteiger partial charge on any atom is 0.221 e. The van der Waals surface area contributed by atoms with Crippen LogP contribution in [0.4, 0.5) is 5.69 Å². The predicted octanol–water partition coefficient (Wildman–Crippen LogP) is 3.36. The predicted molar refractivity (Wildman–Crippen MR) is 80.5 cm³/mol. The van der Waals surface area contributed by atoms with Crippen molar-refractivity contribution in [3.8, 4) is 11.3 Å². The lowest BCUT2D eigenvalue weighted by atomic mass is 10.0. The first kappa shape index (κ1) is 14.2. The lowest BCUT2D eigenvalue weighted by Gasteiger charge is -2.10. The van der Waals surface area contributed by atoms with E-state index in [0.717, 1.165) is 41.2 Å². The van der Waals surface area contributed by atoms with Gasteiger partial charge < -0.3 is 5.32 Å². The number of aryl methyl sites for hydroxylation is 2. The Hall–Kier alpha value is -2.23. The van der Waals surface area contributed by atoms with Crippen molar-refractivity contribution in [1.82, 2.24) is 9.97 Å². The molecule has 20 heavy (non-hydrogen) atoms. The topological polar surface area (TPSA) is 54.9 Å². The highest BCUT2D eigenvalue weighted by atomic mass is 16.1. The maximum atomic E-state index is 11.1. The molecule has 0 fully saturated rings. The summed E-state index contributed by atoms with van der Waals surface area (Å²) in [7, 11) is 0. The lowest BCUT2D eigenvalue weighted by Crippen LogP contribution is -2.06. The van der Waals surface area contributed by atoms with E-state index in [0.29, 0.717) is 0 Å². The van der Waals surface area contributed by atoms with Crippen LogP contribution in [0.5, 0.6) is 0 Å². The first-order valence-corrected chi connectivity index (χ1v) is 6.80. The number of nitrogens with zero attached hydrogens (tertiary/aromatic N) is 2. The highest BCUT2D eigenvalue weighted by Gasteiger charge is 2.08. The van der Waals surface area contributed by atoms with Crippen LogP contribution < -0.4 is 5.32 Å². The van der Waals surface area contributed by atoms with Gasteiger partial charge in [0.05, 0.1) is 5.69 Å². The minimum absolute atomic E-state index is 0.0743. The fraction of sp³-hybridized carbons (Fsp3) is 0.312. The van der Waals surface area contributed by atoms with Crippen molar-refractivity contribution < 1.29 is 4.79 Å². The van der Waals surface area contributed by atoms with Gasteiger partial charge in [-0.05, 0) is 31.0 Å². The van der Waals surface area contributed by atoms with E-state index in [-0.39, 0.29) is 5.91 Å². The molecule has 1 N–H and O–H groups in total. The van der Waals surface area contributed by atoms with Crippen LogP contribution in [0.1, 0.15) is 31.7 Å². The van der Waals surface area contributed by atoms with Crippen LogP contribution in [0.2, 0.25) is 0 Å². The van der Waals surface area contributed by atoms with Gasteiger partial charge in [0.15, 0.2) is 0 Å². The van der Waals surface area contributed by atoms with E-state index < -0.39 is 0 Å². The van der Waals surface area contributed by atoms with Crippen LogP contribution in [-0.4, -0.2) is 15.9 Å². The molecular formula is C16H19N3O. The third-order valence-corrected chi connectivity index (χ3v) is 2.96. The number of carbonyl (C=O) groups is 1. The van der Waals surface area contributed by atoms with Gasteiger partial charge in [0, 0.05) is 24.4 Å². The minimum atomic E-state index is -0.0743. The summed E-state index contributed by atoms with van der Waals surface area (Å²) < 4.78 is 0. The normalized spacial score (nSPS) is 10.3. The molecule has 0 unspecified atom stereocenters. The molecule has 2 aromatic rings. The van der Waals surface area contributed by atoms with Gasteiger partial charge >= 0.3 is 0 Å². The Bertz CT molecular complexity index is 623. The SMILES string of the molecule is CCCc1cnc(C)nc1-c1cccc(NC(C)=O)c1. The van der Waals surface area contributed by atoms with Crippen LogP contribution in [-0.2, 0) is 11.2 Å². The largest absolute Gasteiger partial charge is 0.326 e. The van der Waals surface area contributed by atoms with Gasteiger partial charge in [0.2, 0.25) is 5.91 Å². The third kappa shape index (κ3) is 3.41. The number of anilines is 1. The molecule has 0 aliphatic heterocycles. The Balaban J connectivity index is 2.44. The molecule has 0 aliphatic carbocycles. The highest BCUT2D eigenvalue weighted by Crippen LogP contribution is 2.25. The van der Waals surface area contributed by atoms with Crippen molar-refractivity contribution in [2.24, 2.45) is 0 Å². The van der Waals surface area contributed by atoms with Gasteiger partial charge in [-0.2, -0.15) is 0 Å². The molecule has 0 saturated heterocycles. The summed E-state index contributed by atoms with van der Waals surface area (Å²) >= 11 is 0. The fourth-order valence-electron chi connectivity index (χ4n) is 2.14. The average Bonchev–Trinajstić information content (AvgIpc) is 2.40. The number of nitrogens with one attached hydrogen (secondary N) is 1. The van der Waals surface area contributed by atoms with Crippen LogP contribution in [0.15, 0.2) is 30.5 Å². The van der Waals surface area contributed by atoms with Gasteiger partial charge in [0.1, 0.15) is 5.82 Å². The van der Waals surface area contributed by atoms with Crippen molar-refractivity contribution in [2.45, 2.75) is 33.6 Å². The summed E-state index contributed by atoms with van der Waals surface area (Å²) in [5.74, 6) is 0.680. The number of carbonyl (C=O) groups excluding carboxylic acids is 1. The number of hydrogen-bond acceptors (Lipinski definition) is 3. The van der Waals surface area contributed by atoms with Gasteiger partial charge in [-0.3, -0.25) is 4.79 Å². The summed E-state index contributed by atoms with van der Waals surface area (Å²) in [5.41, 5.74) is 3.88. The van der Waals surface area contributed by atoms with E-state index in [1.54, 1.807) is 0 Å². The molecule has 1 amide bonds. The first-order chi connectivity index (χ1) is 9.60. The molecule has 4 heteroatoms. The average molecular weight is 269 g/mol. The first-order valence-electron chi connectivity index (χ1n) is 6.80. The Morgan fingerprint density at radius 3 is 2.85 bits per heavy atom. The molecule has 4 nitrogen and oxygen atoms in total. The zero-order valence-corrected chi connectivity index (χ0v) is 12.1. The molecular weight excluding hydrogens is 250 g/mol. The van der Waals surface area contributed by atoms with E-state index >= 15 is 0 Å². The zero-order valence-electron chi connectivity index (χ0n) is 12.1. The van der Waals surface area contributed by atoms with Crippen molar-refractivity contribution in [2.75, 3.05) is 5.32 Å². The van der Waals surface area contributed by atoms with Gasteiger partial charge in [0.25, 0.3) is 0 Å². The van der Waals surface area contributed by atoms with Gasteiger partial charge in [-0.1, -0.05) is 25.5 Å². The van der Waals surface area contributed by atoms with Crippen molar-refractivity contribution in [3.05, 3.63) is 41.9 Å². The fourth-order valence-corrected chi connectivity index (χ4v) is 2.14. The van der Waals surface area contributed by atoms with Crippen LogP contribution >= 0.6 is 0 Å². The molecule has 1 aromatic carbocycles. The highest BCUT2D eigenvalue weighted by molar-refractivity contribution is 5.89. The number of benzene rings is 1. The van der Waals surface area contributed by atoms with E-state index in [2.05, 4.69) is 22.2 Å². The van der Waals surface area contributed by atoms with Crippen LogP contribution in [0.3, 0.4) is 0 Å². The Morgan fingerprint density at radius 1 is 1.35 bits per heavy atom. The van der Waals surface area contributed by atoms with E-state index in [1.165, 1.54) is 6.92 Å². The second-order valence-electron chi connectivity index (χ2n) is 4.80. The number of rotatable bonds is 4. The molecule has 0 radical (unpaired) electrons. The van der Waals surface area contributed by atoms with Gasteiger partial charge in [-0.15, -0.1) is 0 Å². The zero-order chi connectivity index (χ0) is 14.5. The Kier molecular flexibility index (Phi) is 4.45. The molecule has 0 aliphatic rings. The quantitative estimate of drug-likeness (QED) is 0.926. The van der Waals surface area contributed by atoms with Crippen LogP contribution in [0, 0.1) is 6.92 Å². The van der Waals surface area contributed by atoms with E-state index in [9.17, 15) is 4.79 Å². The van der Waals surface area contributed by atoms with E-state index in [4.69, 9.17) is 0 Å². The minimum Gasteiger partial charge on any atom is -0.326 e. The van der Waals surface area contributed by atoms with Gasteiger partial charge in [-0.25, -0.2) is 9.97 Å². The monoisotopic (exact) mass is 269 g/mol. The molecule has 2 rings (SSSR count). The summed E-state index contributed by atoms with van der Waals surface area (Å²) in [5, 5.41) is 2.80. The number of amides is 1. The molecule has 0 saturated carbocycles. The Morgan fingerprint density at radius 2 is 2.15 bits per heavy atom. The molecule has 0 atom stereocenters.